The zero-order chi connectivity index (χ0) is 20.6. The van der Waals surface area contributed by atoms with Gasteiger partial charge in [-0.2, -0.15) is 4.31 Å². The normalized spacial score (nSPS) is 16.4. The van der Waals surface area contributed by atoms with Crippen molar-refractivity contribution < 1.29 is 17.4 Å². The van der Waals surface area contributed by atoms with Crippen molar-refractivity contribution in [2.75, 3.05) is 26.2 Å². The maximum absolute atomic E-state index is 12.9. The van der Waals surface area contributed by atoms with E-state index in [-0.39, 0.29) is 4.90 Å². The Kier molecular flexibility index (Phi) is 5.48. The molecule has 1 fully saturated rings. The number of aromatic nitrogens is 2. The number of sulfonamides is 1. The lowest BCUT2D eigenvalue weighted by Gasteiger charge is -2.33. The molecular weight excluding hydrogens is 416 g/mol. The van der Waals surface area contributed by atoms with E-state index in [9.17, 15) is 8.42 Å². The van der Waals surface area contributed by atoms with Gasteiger partial charge in [0, 0.05) is 36.8 Å². The van der Waals surface area contributed by atoms with Crippen LogP contribution in [0.5, 0.6) is 0 Å². The maximum atomic E-state index is 12.9. The fraction of sp³-hybridized carbons (Fsp3) is 0.368. The van der Waals surface area contributed by atoms with Gasteiger partial charge in [-0.05, 0) is 38.1 Å². The average Bonchev–Trinajstić information content (AvgIpc) is 3.29. The Morgan fingerprint density at radius 3 is 2.41 bits per heavy atom. The Bertz CT molecular complexity index is 1080. The minimum Gasteiger partial charge on any atom is -0.439 e. The second kappa shape index (κ2) is 7.91. The summed E-state index contributed by atoms with van der Waals surface area (Å²) < 4.78 is 38.2. The van der Waals surface area contributed by atoms with Crippen LogP contribution in [0.25, 0.3) is 11.3 Å². The number of piperazine rings is 1. The number of halogens is 1. The van der Waals surface area contributed by atoms with Gasteiger partial charge in [0.15, 0.2) is 11.5 Å². The highest BCUT2D eigenvalue weighted by Gasteiger charge is 2.33. The van der Waals surface area contributed by atoms with Crippen LogP contribution in [0.1, 0.15) is 17.3 Å². The molecule has 0 saturated carbocycles. The Morgan fingerprint density at radius 1 is 1.10 bits per heavy atom. The van der Waals surface area contributed by atoms with Gasteiger partial charge < -0.3 is 8.94 Å². The topological polar surface area (TPSA) is 92.7 Å². The molecule has 8 nitrogen and oxygen atoms in total. The number of oxazole rings is 1. The van der Waals surface area contributed by atoms with Gasteiger partial charge >= 0.3 is 0 Å². The van der Waals surface area contributed by atoms with Gasteiger partial charge in [-0.3, -0.25) is 4.90 Å². The Balaban J connectivity index is 1.39. The lowest BCUT2D eigenvalue weighted by molar-refractivity contribution is 0.168. The van der Waals surface area contributed by atoms with Crippen LogP contribution >= 0.6 is 11.6 Å². The molecule has 0 radical (unpaired) electrons. The third-order valence-corrected chi connectivity index (χ3v) is 7.33. The van der Waals surface area contributed by atoms with E-state index in [1.807, 2.05) is 12.1 Å². The molecule has 2 aromatic heterocycles. The molecule has 1 aromatic carbocycles. The minimum absolute atomic E-state index is 0.172. The summed E-state index contributed by atoms with van der Waals surface area (Å²) in [5.41, 5.74) is 1.29. The molecule has 154 valence electrons. The van der Waals surface area contributed by atoms with Crippen LogP contribution < -0.4 is 0 Å². The van der Waals surface area contributed by atoms with Gasteiger partial charge in [0.2, 0.25) is 15.9 Å². The summed E-state index contributed by atoms with van der Waals surface area (Å²) in [6.07, 6.45) is 1.69. The molecule has 0 bridgehead atoms. The molecule has 0 unspecified atom stereocenters. The van der Waals surface area contributed by atoms with Crippen molar-refractivity contribution in [3.05, 3.63) is 52.8 Å². The van der Waals surface area contributed by atoms with E-state index >= 15 is 0 Å². The van der Waals surface area contributed by atoms with Crippen molar-refractivity contribution in [1.82, 2.24) is 19.3 Å². The first-order valence-corrected chi connectivity index (χ1v) is 11.0. The lowest BCUT2D eigenvalue weighted by Crippen LogP contribution is -2.48. The second-order valence-electron chi connectivity index (χ2n) is 6.96. The highest BCUT2D eigenvalue weighted by atomic mass is 35.5. The summed E-state index contributed by atoms with van der Waals surface area (Å²) in [5, 5.41) is 4.43. The molecule has 0 spiro atoms. The standard InChI is InChI=1S/C19H21ClN4O4S/c1-13-19(14(2)28-22-13)29(25,26)24-9-7-23(8-10-24)12-18-21-11-17(27-18)15-3-5-16(20)6-4-15/h3-6,11H,7-10,12H2,1-2H3. The maximum Gasteiger partial charge on any atom is 0.248 e. The van der Waals surface area contributed by atoms with Gasteiger partial charge in [-0.25, -0.2) is 13.4 Å². The largest absolute Gasteiger partial charge is 0.439 e. The number of benzene rings is 1. The highest BCUT2D eigenvalue weighted by Crippen LogP contribution is 2.25. The second-order valence-corrected chi connectivity index (χ2v) is 9.27. The molecule has 1 aliphatic rings. The van der Waals surface area contributed by atoms with Crippen LogP contribution in [0, 0.1) is 13.8 Å². The van der Waals surface area contributed by atoms with Crippen molar-refractivity contribution in [2.24, 2.45) is 0 Å². The first-order valence-electron chi connectivity index (χ1n) is 9.20. The summed E-state index contributed by atoms with van der Waals surface area (Å²) in [6, 6.07) is 7.37. The Labute approximate surface area is 174 Å². The average molecular weight is 437 g/mol. The molecule has 29 heavy (non-hydrogen) atoms. The smallest absolute Gasteiger partial charge is 0.248 e. The van der Waals surface area contributed by atoms with Gasteiger partial charge in [-0.1, -0.05) is 16.8 Å². The van der Waals surface area contributed by atoms with Crippen molar-refractivity contribution >= 4 is 21.6 Å². The first kappa shape index (κ1) is 20.1. The monoisotopic (exact) mass is 436 g/mol. The fourth-order valence-corrected chi connectivity index (χ4v) is 5.26. The van der Waals surface area contributed by atoms with Gasteiger partial charge in [0.1, 0.15) is 10.6 Å². The van der Waals surface area contributed by atoms with E-state index in [1.54, 1.807) is 32.2 Å². The zero-order valence-electron chi connectivity index (χ0n) is 16.1. The molecule has 4 rings (SSSR count). The third-order valence-electron chi connectivity index (χ3n) is 4.94. The van der Waals surface area contributed by atoms with Crippen molar-refractivity contribution in [3.8, 4) is 11.3 Å². The summed E-state index contributed by atoms with van der Waals surface area (Å²) >= 11 is 5.92. The van der Waals surface area contributed by atoms with Crippen LogP contribution in [0.15, 0.2) is 44.3 Å². The first-order chi connectivity index (χ1) is 13.8. The third kappa shape index (κ3) is 4.09. The molecule has 10 heteroatoms. The van der Waals surface area contributed by atoms with E-state index < -0.39 is 10.0 Å². The number of hydrogen-bond donors (Lipinski definition) is 0. The van der Waals surface area contributed by atoms with E-state index in [0.29, 0.717) is 60.9 Å². The fourth-order valence-electron chi connectivity index (χ4n) is 3.42. The van der Waals surface area contributed by atoms with Crippen LogP contribution in [0.4, 0.5) is 0 Å². The summed E-state index contributed by atoms with van der Waals surface area (Å²) in [6.45, 7) is 5.72. The Morgan fingerprint density at radius 2 is 1.79 bits per heavy atom. The number of aryl methyl sites for hydroxylation is 2. The van der Waals surface area contributed by atoms with Gasteiger partial charge in [0.25, 0.3) is 0 Å². The molecular formula is C19H21ClN4O4S. The molecule has 0 amide bonds. The van der Waals surface area contributed by atoms with Crippen LogP contribution in [-0.2, 0) is 16.6 Å². The van der Waals surface area contributed by atoms with Gasteiger partial charge in [-0.15, -0.1) is 0 Å². The molecule has 3 heterocycles. The van der Waals surface area contributed by atoms with Crippen LogP contribution in [0.3, 0.4) is 0 Å². The predicted molar refractivity (Wildman–Crippen MR) is 107 cm³/mol. The molecule has 3 aromatic rings. The van der Waals surface area contributed by atoms with E-state index in [4.69, 9.17) is 20.5 Å². The molecule has 0 aliphatic carbocycles. The quantitative estimate of drug-likeness (QED) is 0.606. The molecule has 1 aliphatic heterocycles. The van der Waals surface area contributed by atoms with Crippen LogP contribution in [0.2, 0.25) is 5.02 Å². The zero-order valence-corrected chi connectivity index (χ0v) is 17.7. The number of nitrogens with zero attached hydrogens (tertiary/aromatic N) is 4. The molecule has 0 N–H and O–H groups in total. The van der Waals surface area contributed by atoms with E-state index in [2.05, 4.69) is 15.0 Å². The van der Waals surface area contributed by atoms with Crippen molar-refractivity contribution in [3.63, 3.8) is 0 Å². The lowest BCUT2D eigenvalue weighted by atomic mass is 10.2. The van der Waals surface area contributed by atoms with E-state index in [1.165, 1.54) is 4.31 Å². The number of hydrogen-bond acceptors (Lipinski definition) is 7. The van der Waals surface area contributed by atoms with Crippen molar-refractivity contribution in [2.45, 2.75) is 25.3 Å². The van der Waals surface area contributed by atoms with Crippen molar-refractivity contribution in [1.29, 1.82) is 0 Å². The van der Waals surface area contributed by atoms with Crippen LogP contribution in [-0.4, -0.2) is 53.9 Å². The minimum atomic E-state index is -3.61. The summed E-state index contributed by atoms with van der Waals surface area (Å²) in [5.74, 6) is 1.59. The molecule has 0 atom stereocenters. The Hall–Kier alpha value is -2.20. The number of rotatable bonds is 5. The van der Waals surface area contributed by atoms with Gasteiger partial charge in [0.05, 0.1) is 12.7 Å². The predicted octanol–water partition coefficient (Wildman–Crippen LogP) is 3.11. The van der Waals surface area contributed by atoms with E-state index in [0.717, 1.165) is 5.56 Å². The summed E-state index contributed by atoms with van der Waals surface area (Å²) in [4.78, 5) is 6.64. The summed E-state index contributed by atoms with van der Waals surface area (Å²) in [7, 11) is -3.61. The molecule has 1 saturated heterocycles. The highest BCUT2D eigenvalue weighted by molar-refractivity contribution is 7.89. The SMILES string of the molecule is Cc1noc(C)c1S(=O)(=O)N1CCN(Cc2ncc(-c3ccc(Cl)cc3)o2)CC1.